The van der Waals surface area contributed by atoms with Gasteiger partial charge in [0.25, 0.3) is 6.43 Å². The quantitative estimate of drug-likeness (QED) is 0.594. The lowest BCUT2D eigenvalue weighted by Gasteiger charge is -2.22. The van der Waals surface area contributed by atoms with Crippen molar-refractivity contribution in [3.63, 3.8) is 0 Å². The van der Waals surface area contributed by atoms with Gasteiger partial charge in [-0.15, -0.1) is 0 Å². The fourth-order valence-corrected chi connectivity index (χ4v) is 4.15. The Kier molecular flexibility index (Phi) is 6.19. The van der Waals surface area contributed by atoms with Crippen LogP contribution >= 0.6 is 0 Å². The zero-order chi connectivity index (χ0) is 23.0. The van der Waals surface area contributed by atoms with Gasteiger partial charge in [-0.25, -0.2) is 28.1 Å². The number of alkyl halides is 2. The van der Waals surface area contributed by atoms with Crippen molar-refractivity contribution in [1.29, 1.82) is 0 Å². The van der Waals surface area contributed by atoms with Gasteiger partial charge in [-0.1, -0.05) is 18.2 Å². The van der Waals surface area contributed by atoms with Gasteiger partial charge >= 0.3 is 0 Å². The van der Waals surface area contributed by atoms with Crippen LogP contribution in [0.4, 0.5) is 24.8 Å². The number of pyridine rings is 1. The van der Waals surface area contributed by atoms with Crippen molar-refractivity contribution in [2.45, 2.75) is 38.8 Å². The molecule has 0 unspecified atom stereocenters. The molecule has 2 aromatic heterocycles. The molecule has 32 heavy (non-hydrogen) atoms. The van der Waals surface area contributed by atoms with Crippen molar-refractivity contribution in [2.24, 2.45) is 0 Å². The summed E-state index contributed by atoms with van der Waals surface area (Å²) < 4.78 is 40.9. The SMILES string of the molecule is Cc1nc(N[C@H](C)c2cccc(C(F)F)c2F)c2cc(N3CC[C@H](N(C)C)C3)ncc2n1. The molecule has 1 aromatic carbocycles. The van der Waals surface area contributed by atoms with Crippen LogP contribution in [0, 0.1) is 12.7 Å². The molecule has 0 saturated carbocycles. The average Bonchev–Trinajstić information content (AvgIpc) is 3.24. The second-order valence-electron chi connectivity index (χ2n) is 8.45. The molecule has 1 aliphatic rings. The lowest BCUT2D eigenvalue weighted by Crippen LogP contribution is -2.31. The number of aromatic nitrogens is 3. The lowest BCUT2D eigenvalue weighted by molar-refractivity contribution is 0.146. The normalized spacial score (nSPS) is 17.5. The first kappa shape index (κ1) is 22.3. The zero-order valence-corrected chi connectivity index (χ0v) is 18.6. The fourth-order valence-electron chi connectivity index (χ4n) is 4.15. The number of nitrogens with one attached hydrogen (secondary N) is 1. The molecule has 6 nitrogen and oxygen atoms in total. The van der Waals surface area contributed by atoms with Crippen molar-refractivity contribution >= 4 is 22.5 Å². The van der Waals surface area contributed by atoms with Gasteiger partial charge in [-0.2, -0.15) is 0 Å². The number of rotatable bonds is 6. The van der Waals surface area contributed by atoms with E-state index in [1.165, 1.54) is 12.1 Å². The topological polar surface area (TPSA) is 57.2 Å². The number of likely N-dealkylation sites (N-methyl/N-ethyl adjacent to an activating group) is 1. The van der Waals surface area contributed by atoms with E-state index in [0.717, 1.165) is 36.8 Å². The van der Waals surface area contributed by atoms with E-state index in [1.807, 2.05) is 6.07 Å². The maximum absolute atomic E-state index is 14.7. The Morgan fingerprint density at radius 3 is 2.62 bits per heavy atom. The van der Waals surface area contributed by atoms with Crippen LogP contribution in [0.3, 0.4) is 0 Å². The first-order valence-electron chi connectivity index (χ1n) is 10.6. The average molecular weight is 445 g/mol. The molecule has 0 aliphatic carbocycles. The highest BCUT2D eigenvalue weighted by molar-refractivity contribution is 5.90. The summed E-state index contributed by atoms with van der Waals surface area (Å²) in [4.78, 5) is 18.0. The molecule has 2 atom stereocenters. The fraction of sp³-hybridized carbons (Fsp3) is 0.435. The van der Waals surface area contributed by atoms with Gasteiger partial charge in [-0.05, 0) is 40.4 Å². The van der Waals surface area contributed by atoms with E-state index >= 15 is 0 Å². The third-order valence-electron chi connectivity index (χ3n) is 6.01. The smallest absolute Gasteiger partial charge is 0.266 e. The maximum atomic E-state index is 14.7. The van der Waals surface area contributed by atoms with Crippen LogP contribution in [0.1, 0.15) is 42.8 Å². The molecule has 1 N–H and O–H groups in total. The van der Waals surface area contributed by atoms with Crippen molar-refractivity contribution in [2.75, 3.05) is 37.4 Å². The van der Waals surface area contributed by atoms with Crippen LogP contribution in [-0.2, 0) is 0 Å². The van der Waals surface area contributed by atoms with Crippen LogP contribution in [-0.4, -0.2) is 53.1 Å². The summed E-state index contributed by atoms with van der Waals surface area (Å²) >= 11 is 0. The van der Waals surface area contributed by atoms with Crippen LogP contribution in [0.5, 0.6) is 0 Å². The molecule has 4 rings (SSSR count). The number of fused-ring (bicyclic) bond motifs is 1. The summed E-state index contributed by atoms with van der Waals surface area (Å²) in [6, 6.07) is 5.88. The summed E-state index contributed by atoms with van der Waals surface area (Å²) in [6.07, 6.45) is -0.0980. The van der Waals surface area contributed by atoms with Crippen LogP contribution in [0.15, 0.2) is 30.5 Å². The third kappa shape index (κ3) is 4.34. The first-order valence-corrected chi connectivity index (χ1v) is 10.6. The van der Waals surface area contributed by atoms with E-state index in [9.17, 15) is 13.2 Å². The minimum Gasteiger partial charge on any atom is -0.363 e. The highest BCUT2D eigenvalue weighted by atomic mass is 19.3. The summed E-state index contributed by atoms with van der Waals surface area (Å²) in [5.41, 5.74) is 0.229. The summed E-state index contributed by atoms with van der Waals surface area (Å²) in [5, 5.41) is 3.96. The molecule has 1 saturated heterocycles. The van der Waals surface area contributed by atoms with Gasteiger partial charge in [-0.3, -0.25) is 0 Å². The molecule has 9 heteroatoms. The molecule has 3 aromatic rings. The molecule has 0 radical (unpaired) electrons. The second-order valence-corrected chi connectivity index (χ2v) is 8.45. The number of nitrogens with zero attached hydrogens (tertiary/aromatic N) is 5. The molecule has 0 bridgehead atoms. The predicted octanol–water partition coefficient (Wildman–Crippen LogP) is 4.72. The van der Waals surface area contributed by atoms with Crippen molar-refractivity contribution in [3.05, 3.63) is 53.2 Å². The Hall–Kier alpha value is -2.94. The highest BCUT2D eigenvalue weighted by Crippen LogP contribution is 2.31. The molecule has 3 heterocycles. The molecular formula is C23H27F3N6. The summed E-state index contributed by atoms with van der Waals surface area (Å²) in [6.45, 7) is 5.27. The number of benzene rings is 1. The molecule has 0 amide bonds. The van der Waals surface area contributed by atoms with Crippen LogP contribution < -0.4 is 10.2 Å². The van der Waals surface area contributed by atoms with Crippen molar-refractivity contribution < 1.29 is 13.2 Å². The largest absolute Gasteiger partial charge is 0.363 e. The molecular weight excluding hydrogens is 417 g/mol. The van der Waals surface area contributed by atoms with Crippen molar-refractivity contribution in [3.8, 4) is 0 Å². The molecule has 1 aliphatic heterocycles. The van der Waals surface area contributed by atoms with E-state index in [0.29, 0.717) is 23.2 Å². The Morgan fingerprint density at radius 2 is 1.94 bits per heavy atom. The van der Waals surface area contributed by atoms with Crippen LogP contribution in [0.25, 0.3) is 10.9 Å². The summed E-state index contributed by atoms with van der Waals surface area (Å²) in [5.74, 6) is 0.994. The molecule has 1 fully saturated rings. The number of aryl methyl sites for hydroxylation is 1. The third-order valence-corrected chi connectivity index (χ3v) is 6.01. The Balaban J connectivity index is 1.67. The number of hydrogen-bond donors (Lipinski definition) is 1. The highest BCUT2D eigenvalue weighted by Gasteiger charge is 2.26. The van der Waals surface area contributed by atoms with Gasteiger partial charge in [0.1, 0.15) is 23.3 Å². The zero-order valence-electron chi connectivity index (χ0n) is 18.6. The van der Waals surface area contributed by atoms with Gasteiger partial charge in [0.2, 0.25) is 0 Å². The van der Waals surface area contributed by atoms with E-state index in [1.54, 1.807) is 20.0 Å². The van der Waals surface area contributed by atoms with Crippen LogP contribution in [0.2, 0.25) is 0 Å². The van der Waals surface area contributed by atoms with Gasteiger partial charge in [0.15, 0.2) is 0 Å². The minimum absolute atomic E-state index is 0.162. The molecule has 170 valence electrons. The van der Waals surface area contributed by atoms with E-state index < -0.39 is 23.8 Å². The van der Waals surface area contributed by atoms with E-state index in [2.05, 4.69) is 44.2 Å². The lowest BCUT2D eigenvalue weighted by atomic mass is 10.0. The van der Waals surface area contributed by atoms with Gasteiger partial charge < -0.3 is 15.1 Å². The number of hydrogen-bond acceptors (Lipinski definition) is 6. The standard InChI is InChI=1S/C23H27F3N6/c1-13(16-6-5-7-17(21(16)24)22(25)26)28-23-18-10-20(27-11-19(18)29-14(2)30-23)32-9-8-15(12-32)31(3)4/h5-7,10-11,13,15,22H,8-9,12H2,1-4H3,(H,28,29,30)/t13-,15+/m1/s1. The summed E-state index contributed by atoms with van der Waals surface area (Å²) in [7, 11) is 4.15. The van der Waals surface area contributed by atoms with E-state index in [-0.39, 0.29) is 5.56 Å². The van der Waals surface area contributed by atoms with Gasteiger partial charge in [0.05, 0.1) is 23.3 Å². The first-order chi connectivity index (χ1) is 15.2. The van der Waals surface area contributed by atoms with Crippen molar-refractivity contribution in [1.82, 2.24) is 19.9 Å². The Labute approximate surface area is 185 Å². The second kappa shape index (κ2) is 8.90. The number of anilines is 2. The monoisotopic (exact) mass is 444 g/mol. The molecule has 0 spiro atoms. The Morgan fingerprint density at radius 1 is 1.19 bits per heavy atom. The Bertz CT molecular complexity index is 1120. The number of halogens is 3. The van der Waals surface area contributed by atoms with Gasteiger partial charge in [0, 0.05) is 30.1 Å². The van der Waals surface area contributed by atoms with E-state index in [4.69, 9.17) is 0 Å². The predicted molar refractivity (Wildman–Crippen MR) is 120 cm³/mol. The maximum Gasteiger partial charge on any atom is 0.266 e. The minimum atomic E-state index is -2.87.